The molecule has 1 aliphatic heterocycles. The van der Waals surface area contributed by atoms with Crippen molar-refractivity contribution in [3.63, 3.8) is 0 Å². The molecule has 1 fully saturated rings. The van der Waals surface area contributed by atoms with Gasteiger partial charge in [-0.05, 0) is 38.1 Å². The lowest BCUT2D eigenvalue weighted by molar-refractivity contribution is 0.100. The number of nitrogens with zero attached hydrogens (tertiary/aromatic N) is 4. The van der Waals surface area contributed by atoms with Gasteiger partial charge in [0.2, 0.25) is 0 Å². The summed E-state index contributed by atoms with van der Waals surface area (Å²) in [6, 6.07) is 15.3. The lowest BCUT2D eigenvalue weighted by Gasteiger charge is -2.36. The smallest absolute Gasteiger partial charge is 0.160 e. The summed E-state index contributed by atoms with van der Waals surface area (Å²) in [7, 11) is 0. The molecule has 0 radical (unpaired) electrons. The average Bonchev–Trinajstić information content (AvgIpc) is 2.79. The summed E-state index contributed by atoms with van der Waals surface area (Å²) < 4.78 is 0. The quantitative estimate of drug-likeness (QED) is 0.606. The van der Waals surface area contributed by atoms with E-state index in [4.69, 9.17) is 4.98 Å². The Bertz CT molecular complexity index is 1070. The van der Waals surface area contributed by atoms with Crippen molar-refractivity contribution >= 4 is 23.1 Å². The Morgan fingerprint density at radius 2 is 1.47 bits per heavy atom. The standard InChI is InChI=1S/C24H24N4O2/c1-17(29)19-7-9-20(10-8-19)27-11-13-28(14-12-27)24-16-25-15-23(26-24)22-6-4-3-5-21(22)18(2)30/h3-10,15-16H,11-14H2,1-2H3. The highest BCUT2D eigenvalue weighted by molar-refractivity contribution is 6.00. The Morgan fingerprint density at radius 1 is 0.800 bits per heavy atom. The van der Waals surface area contributed by atoms with Crippen molar-refractivity contribution in [1.29, 1.82) is 0 Å². The summed E-state index contributed by atoms with van der Waals surface area (Å²) in [4.78, 5) is 37.1. The predicted molar refractivity (Wildman–Crippen MR) is 118 cm³/mol. The number of carbonyl (C=O) groups is 2. The molecular formula is C24H24N4O2. The maximum atomic E-state index is 12.0. The van der Waals surface area contributed by atoms with Crippen LogP contribution in [0.5, 0.6) is 0 Å². The molecule has 6 nitrogen and oxygen atoms in total. The average molecular weight is 400 g/mol. The lowest BCUT2D eigenvalue weighted by Crippen LogP contribution is -2.46. The van der Waals surface area contributed by atoms with Gasteiger partial charge in [0.25, 0.3) is 0 Å². The van der Waals surface area contributed by atoms with Crippen LogP contribution in [-0.4, -0.2) is 47.7 Å². The van der Waals surface area contributed by atoms with Crippen molar-refractivity contribution < 1.29 is 9.59 Å². The number of carbonyl (C=O) groups excluding carboxylic acids is 2. The minimum Gasteiger partial charge on any atom is -0.368 e. The Balaban J connectivity index is 1.49. The second-order valence-electron chi connectivity index (χ2n) is 7.44. The number of ketones is 2. The fourth-order valence-electron chi connectivity index (χ4n) is 3.75. The van der Waals surface area contributed by atoms with E-state index in [-0.39, 0.29) is 11.6 Å². The van der Waals surface area contributed by atoms with Crippen molar-refractivity contribution in [1.82, 2.24) is 9.97 Å². The molecule has 3 aromatic rings. The van der Waals surface area contributed by atoms with E-state index in [1.807, 2.05) is 48.5 Å². The minimum absolute atomic E-state index is 0.0159. The third-order valence-corrected chi connectivity index (χ3v) is 5.45. The van der Waals surface area contributed by atoms with Gasteiger partial charge < -0.3 is 9.80 Å². The molecular weight excluding hydrogens is 376 g/mol. The maximum absolute atomic E-state index is 12.0. The second kappa shape index (κ2) is 8.45. The van der Waals surface area contributed by atoms with Crippen molar-refractivity contribution in [3.8, 4) is 11.3 Å². The molecule has 0 saturated carbocycles. The molecule has 0 aliphatic carbocycles. The highest BCUT2D eigenvalue weighted by atomic mass is 16.1. The number of aromatic nitrogens is 2. The molecule has 0 unspecified atom stereocenters. The molecule has 0 amide bonds. The fraction of sp³-hybridized carbons (Fsp3) is 0.250. The van der Waals surface area contributed by atoms with Crippen LogP contribution >= 0.6 is 0 Å². The molecule has 6 heteroatoms. The van der Waals surface area contributed by atoms with Gasteiger partial charge in [0.05, 0.1) is 18.1 Å². The Kier molecular flexibility index (Phi) is 5.57. The zero-order valence-electron chi connectivity index (χ0n) is 17.2. The van der Waals surface area contributed by atoms with Gasteiger partial charge in [-0.1, -0.05) is 24.3 Å². The van der Waals surface area contributed by atoms with Gasteiger partial charge in [-0.2, -0.15) is 0 Å². The number of rotatable bonds is 5. The SMILES string of the molecule is CC(=O)c1ccc(N2CCN(c3cncc(-c4ccccc4C(C)=O)n3)CC2)cc1. The molecule has 0 bridgehead atoms. The minimum atomic E-state index is 0.0159. The van der Waals surface area contributed by atoms with Crippen LogP contribution in [0, 0.1) is 0 Å². The highest BCUT2D eigenvalue weighted by Gasteiger charge is 2.20. The van der Waals surface area contributed by atoms with E-state index >= 15 is 0 Å². The molecule has 1 saturated heterocycles. The molecule has 1 aromatic heterocycles. The topological polar surface area (TPSA) is 66.4 Å². The first-order chi connectivity index (χ1) is 14.5. The number of piperazine rings is 1. The third kappa shape index (κ3) is 4.08. The van der Waals surface area contributed by atoms with Gasteiger partial charge in [0, 0.05) is 48.6 Å². The van der Waals surface area contributed by atoms with Crippen molar-refractivity contribution in [3.05, 3.63) is 72.1 Å². The lowest BCUT2D eigenvalue weighted by atomic mass is 10.0. The first-order valence-corrected chi connectivity index (χ1v) is 10.1. The van der Waals surface area contributed by atoms with Crippen LogP contribution in [0.3, 0.4) is 0 Å². The van der Waals surface area contributed by atoms with Crippen LogP contribution in [0.15, 0.2) is 60.9 Å². The van der Waals surface area contributed by atoms with Gasteiger partial charge in [0.1, 0.15) is 5.82 Å². The van der Waals surface area contributed by atoms with Crippen molar-refractivity contribution in [2.75, 3.05) is 36.0 Å². The van der Waals surface area contributed by atoms with E-state index in [0.717, 1.165) is 48.8 Å². The zero-order valence-corrected chi connectivity index (χ0v) is 17.2. The summed E-state index contributed by atoms with van der Waals surface area (Å²) in [6.45, 7) is 6.50. The number of hydrogen-bond donors (Lipinski definition) is 0. The second-order valence-corrected chi connectivity index (χ2v) is 7.44. The van der Waals surface area contributed by atoms with E-state index in [1.54, 1.807) is 26.2 Å². The van der Waals surface area contributed by atoms with Crippen LogP contribution in [0.1, 0.15) is 34.6 Å². The molecule has 1 aliphatic rings. The van der Waals surface area contributed by atoms with Gasteiger partial charge in [-0.25, -0.2) is 4.98 Å². The maximum Gasteiger partial charge on any atom is 0.160 e. The first kappa shape index (κ1) is 19.8. The van der Waals surface area contributed by atoms with Gasteiger partial charge >= 0.3 is 0 Å². The number of anilines is 2. The summed E-state index contributed by atoms with van der Waals surface area (Å²) >= 11 is 0. The van der Waals surface area contributed by atoms with Crippen molar-refractivity contribution in [2.45, 2.75) is 13.8 Å². The highest BCUT2D eigenvalue weighted by Crippen LogP contribution is 2.25. The van der Waals surface area contributed by atoms with Crippen LogP contribution in [-0.2, 0) is 0 Å². The van der Waals surface area contributed by atoms with Crippen LogP contribution in [0.4, 0.5) is 11.5 Å². The Labute approximate surface area is 176 Å². The molecule has 0 N–H and O–H groups in total. The fourth-order valence-corrected chi connectivity index (χ4v) is 3.75. The monoisotopic (exact) mass is 400 g/mol. The van der Waals surface area contributed by atoms with Gasteiger partial charge in [0.15, 0.2) is 11.6 Å². The number of Topliss-reactive ketones (excluding diaryl/α,β-unsaturated/α-hetero) is 2. The molecule has 2 heterocycles. The largest absolute Gasteiger partial charge is 0.368 e. The van der Waals surface area contributed by atoms with Crippen LogP contribution in [0.2, 0.25) is 0 Å². The summed E-state index contributed by atoms with van der Waals surface area (Å²) in [6.07, 6.45) is 3.48. The third-order valence-electron chi connectivity index (χ3n) is 5.45. The zero-order chi connectivity index (χ0) is 21.1. The molecule has 152 valence electrons. The van der Waals surface area contributed by atoms with Crippen molar-refractivity contribution in [2.24, 2.45) is 0 Å². The number of hydrogen-bond acceptors (Lipinski definition) is 6. The van der Waals surface area contributed by atoms with Crippen LogP contribution in [0.25, 0.3) is 11.3 Å². The summed E-state index contributed by atoms with van der Waals surface area (Å²) in [5, 5.41) is 0. The van der Waals surface area contributed by atoms with E-state index in [2.05, 4.69) is 14.8 Å². The molecule has 4 rings (SSSR count). The van der Waals surface area contributed by atoms with Gasteiger partial charge in [-0.3, -0.25) is 14.6 Å². The molecule has 2 aromatic carbocycles. The first-order valence-electron chi connectivity index (χ1n) is 10.1. The summed E-state index contributed by atoms with van der Waals surface area (Å²) in [5.74, 6) is 0.913. The predicted octanol–water partition coefficient (Wildman–Crippen LogP) is 3.88. The van der Waals surface area contributed by atoms with E-state index < -0.39 is 0 Å². The van der Waals surface area contributed by atoms with E-state index in [1.165, 1.54) is 0 Å². The molecule has 0 atom stereocenters. The summed E-state index contributed by atoms with van der Waals surface area (Å²) in [5.41, 5.74) is 4.03. The van der Waals surface area contributed by atoms with Gasteiger partial charge in [-0.15, -0.1) is 0 Å². The normalized spacial score (nSPS) is 13.9. The number of benzene rings is 2. The van der Waals surface area contributed by atoms with E-state index in [0.29, 0.717) is 11.3 Å². The molecule has 30 heavy (non-hydrogen) atoms. The van der Waals surface area contributed by atoms with Crippen LogP contribution < -0.4 is 9.80 Å². The molecule has 0 spiro atoms. The Morgan fingerprint density at radius 3 is 2.13 bits per heavy atom. The Hall–Kier alpha value is -3.54. The van der Waals surface area contributed by atoms with E-state index in [9.17, 15) is 9.59 Å².